The Balaban J connectivity index is 1.32. The number of carbonyl (C=O) groups excluding carboxylic acids is 3. The molecule has 8 nitrogen and oxygen atoms in total. The fraction of sp³-hybridized carbons (Fsp3) is 0.440. The predicted molar refractivity (Wildman–Crippen MR) is 124 cm³/mol. The number of piperidine rings is 2. The number of ether oxygens (including phenoxy) is 1. The first-order valence-electron chi connectivity index (χ1n) is 11.8. The second kappa shape index (κ2) is 11.2. The number of anilines is 1. The Labute approximate surface area is 202 Å². The Morgan fingerprint density at radius 1 is 0.943 bits per heavy atom. The zero-order chi connectivity index (χ0) is 24.8. The maximum atomic E-state index is 13.2. The van der Waals surface area contributed by atoms with Crippen molar-refractivity contribution in [3.8, 4) is 5.75 Å². The summed E-state index contributed by atoms with van der Waals surface area (Å²) in [7, 11) is 0. The lowest BCUT2D eigenvalue weighted by molar-refractivity contribution is -0.139. The highest BCUT2D eigenvalue weighted by molar-refractivity contribution is 5.97. The third-order valence-corrected chi connectivity index (χ3v) is 6.48. The highest BCUT2D eigenvalue weighted by Gasteiger charge is 2.35. The molecule has 4 rings (SSSR count). The van der Waals surface area contributed by atoms with Crippen molar-refractivity contribution in [2.75, 3.05) is 31.5 Å². The quantitative estimate of drug-likeness (QED) is 0.676. The topological polar surface area (TPSA) is 91.8 Å². The molecule has 0 aliphatic carbocycles. The lowest BCUT2D eigenvalue weighted by Crippen LogP contribution is -2.49. The Hall–Kier alpha value is -3.56. The van der Waals surface area contributed by atoms with Gasteiger partial charge in [0.25, 0.3) is 5.91 Å². The van der Waals surface area contributed by atoms with Crippen LogP contribution in [0.4, 0.5) is 14.6 Å². The summed E-state index contributed by atoms with van der Waals surface area (Å²) in [6.45, 7) is -1.43. The summed E-state index contributed by atoms with van der Waals surface area (Å²) < 4.78 is 30.0. The lowest BCUT2D eigenvalue weighted by atomic mass is 9.92. The fourth-order valence-electron chi connectivity index (χ4n) is 4.66. The first kappa shape index (κ1) is 24.6. The number of hydrogen-bond donors (Lipinski definition) is 1. The van der Waals surface area contributed by atoms with Crippen LogP contribution in [0.1, 0.15) is 36.0 Å². The average molecular weight is 487 g/mol. The third kappa shape index (κ3) is 6.12. The van der Waals surface area contributed by atoms with Crippen LogP contribution in [0.2, 0.25) is 0 Å². The van der Waals surface area contributed by atoms with E-state index in [2.05, 4.69) is 15.0 Å². The molecule has 3 heterocycles. The molecule has 1 aromatic carbocycles. The number of halogens is 2. The predicted octanol–water partition coefficient (Wildman–Crippen LogP) is 3.41. The van der Waals surface area contributed by atoms with Gasteiger partial charge in [-0.1, -0.05) is 18.2 Å². The number of likely N-dealkylation sites (tertiary alicyclic amines) is 2. The standard InChI is InChI=1S/C25H28F2N4O4/c26-25(27)35-20-8-2-1-7-19(20)24(34)31-13-5-6-18(16-31)23(33)30-14-10-17(11-15-30)22(32)29-21-9-3-4-12-28-21/h1-4,7-9,12,17-18,25H,5-6,10-11,13-16H2,(H,28,29,32). The number of aromatic nitrogens is 1. The zero-order valence-corrected chi connectivity index (χ0v) is 19.2. The van der Waals surface area contributed by atoms with E-state index in [0.717, 1.165) is 0 Å². The van der Waals surface area contributed by atoms with E-state index >= 15 is 0 Å². The van der Waals surface area contributed by atoms with Crippen molar-refractivity contribution < 1.29 is 27.9 Å². The largest absolute Gasteiger partial charge is 0.434 e. The van der Waals surface area contributed by atoms with Gasteiger partial charge in [0.15, 0.2) is 0 Å². The summed E-state index contributed by atoms with van der Waals surface area (Å²) in [5.41, 5.74) is 0.0561. The molecular weight excluding hydrogens is 458 g/mol. The molecule has 2 fully saturated rings. The van der Waals surface area contributed by atoms with Gasteiger partial charge in [0.2, 0.25) is 11.8 Å². The molecule has 1 unspecified atom stereocenters. The molecule has 186 valence electrons. The molecule has 2 aliphatic heterocycles. The van der Waals surface area contributed by atoms with E-state index in [0.29, 0.717) is 51.1 Å². The van der Waals surface area contributed by atoms with Crippen LogP contribution in [0.25, 0.3) is 0 Å². The van der Waals surface area contributed by atoms with Gasteiger partial charge in [-0.25, -0.2) is 4.98 Å². The number of benzene rings is 1. The maximum absolute atomic E-state index is 13.2. The van der Waals surface area contributed by atoms with Crippen LogP contribution in [-0.4, -0.2) is 65.3 Å². The van der Waals surface area contributed by atoms with Gasteiger partial charge in [-0.3, -0.25) is 14.4 Å². The number of amides is 3. The van der Waals surface area contributed by atoms with Crippen molar-refractivity contribution in [2.24, 2.45) is 11.8 Å². The van der Waals surface area contributed by atoms with Gasteiger partial charge in [-0.2, -0.15) is 8.78 Å². The summed E-state index contributed by atoms with van der Waals surface area (Å²) in [5.74, 6) is -0.802. The Morgan fingerprint density at radius 2 is 1.69 bits per heavy atom. The third-order valence-electron chi connectivity index (χ3n) is 6.48. The number of carbonyl (C=O) groups is 3. The van der Waals surface area contributed by atoms with E-state index in [4.69, 9.17) is 0 Å². The van der Waals surface area contributed by atoms with Crippen LogP contribution in [0.15, 0.2) is 48.7 Å². The summed E-state index contributed by atoms with van der Waals surface area (Å²) in [4.78, 5) is 46.2. The number of para-hydroxylation sites is 1. The van der Waals surface area contributed by atoms with Crippen molar-refractivity contribution in [1.29, 1.82) is 0 Å². The van der Waals surface area contributed by atoms with E-state index in [-0.39, 0.29) is 41.5 Å². The lowest BCUT2D eigenvalue weighted by Gasteiger charge is -2.37. The molecule has 2 saturated heterocycles. The van der Waals surface area contributed by atoms with E-state index in [1.165, 1.54) is 23.1 Å². The van der Waals surface area contributed by atoms with Gasteiger partial charge in [0.1, 0.15) is 11.6 Å². The van der Waals surface area contributed by atoms with Crippen LogP contribution in [-0.2, 0) is 9.59 Å². The van der Waals surface area contributed by atoms with Gasteiger partial charge < -0.3 is 19.9 Å². The van der Waals surface area contributed by atoms with Gasteiger partial charge in [-0.05, 0) is 49.9 Å². The number of rotatable bonds is 6. The van der Waals surface area contributed by atoms with E-state index in [1.807, 2.05) is 0 Å². The SMILES string of the molecule is O=C(Nc1ccccn1)C1CCN(C(=O)C2CCCN(C(=O)c3ccccc3OC(F)F)C2)CC1. The highest BCUT2D eigenvalue weighted by atomic mass is 19.3. The molecule has 2 aromatic rings. The first-order chi connectivity index (χ1) is 16.9. The molecule has 1 aromatic heterocycles. The second-order valence-corrected chi connectivity index (χ2v) is 8.77. The number of pyridine rings is 1. The number of nitrogens with zero attached hydrogens (tertiary/aromatic N) is 3. The minimum atomic E-state index is -3.03. The normalized spacial score (nSPS) is 18.9. The molecule has 2 aliphatic rings. The molecule has 0 bridgehead atoms. The summed E-state index contributed by atoms with van der Waals surface area (Å²) in [5, 5.41) is 2.81. The van der Waals surface area contributed by atoms with Crippen molar-refractivity contribution in [3.05, 3.63) is 54.2 Å². The van der Waals surface area contributed by atoms with Gasteiger partial charge >= 0.3 is 6.61 Å². The van der Waals surface area contributed by atoms with Crippen LogP contribution in [0.3, 0.4) is 0 Å². The maximum Gasteiger partial charge on any atom is 0.387 e. The van der Waals surface area contributed by atoms with Crippen LogP contribution in [0.5, 0.6) is 5.75 Å². The number of hydrogen-bond acceptors (Lipinski definition) is 5. The number of nitrogens with one attached hydrogen (secondary N) is 1. The minimum absolute atomic E-state index is 0.0387. The molecule has 0 saturated carbocycles. The first-order valence-corrected chi connectivity index (χ1v) is 11.8. The molecule has 35 heavy (non-hydrogen) atoms. The van der Waals surface area contributed by atoms with Crippen LogP contribution < -0.4 is 10.1 Å². The van der Waals surface area contributed by atoms with Gasteiger partial charge in [0, 0.05) is 38.3 Å². The van der Waals surface area contributed by atoms with Crippen molar-refractivity contribution in [1.82, 2.24) is 14.8 Å². The Morgan fingerprint density at radius 3 is 2.40 bits per heavy atom. The summed E-state index contributed by atoms with van der Waals surface area (Å²) >= 11 is 0. The van der Waals surface area contributed by atoms with Gasteiger partial charge in [-0.15, -0.1) is 0 Å². The highest BCUT2D eigenvalue weighted by Crippen LogP contribution is 2.27. The monoisotopic (exact) mass is 486 g/mol. The van der Waals surface area contributed by atoms with Gasteiger partial charge in [0.05, 0.1) is 11.5 Å². The summed E-state index contributed by atoms with van der Waals surface area (Å²) in [6, 6.07) is 11.2. The molecule has 1 N–H and O–H groups in total. The van der Waals surface area contributed by atoms with Crippen molar-refractivity contribution >= 4 is 23.5 Å². The fourth-order valence-corrected chi connectivity index (χ4v) is 4.66. The molecule has 10 heteroatoms. The molecule has 0 radical (unpaired) electrons. The zero-order valence-electron chi connectivity index (χ0n) is 19.2. The minimum Gasteiger partial charge on any atom is -0.434 e. The average Bonchev–Trinajstić information content (AvgIpc) is 2.88. The van der Waals surface area contributed by atoms with E-state index in [1.54, 1.807) is 35.4 Å². The molecule has 1 atom stereocenters. The van der Waals surface area contributed by atoms with E-state index in [9.17, 15) is 23.2 Å². The Bertz CT molecular complexity index is 1040. The second-order valence-electron chi connectivity index (χ2n) is 8.77. The van der Waals surface area contributed by atoms with E-state index < -0.39 is 12.5 Å². The molecular formula is C25H28F2N4O4. The van der Waals surface area contributed by atoms with Crippen molar-refractivity contribution in [3.63, 3.8) is 0 Å². The smallest absolute Gasteiger partial charge is 0.387 e. The number of alkyl halides is 2. The van der Waals surface area contributed by atoms with Crippen LogP contribution >= 0.6 is 0 Å². The molecule has 0 spiro atoms. The van der Waals surface area contributed by atoms with Crippen LogP contribution in [0, 0.1) is 11.8 Å². The van der Waals surface area contributed by atoms with Crippen molar-refractivity contribution in [2.45, 2.75) is 32.3 Å². The molecule has 3 amide bonds. The summed E-state index contributed by atoms with van der Waals surface area (Å²) in [6.07, 6.45) is 4.01. The Kier molecular flexibility index (Phi) is 7.89.